The molecule has 1 atom stereocenters. The van der Waals surface area contributed by atoms with Gasteiger partial charge in [0.25, 0.3) is 5.91 Å². The highest BCUT2D eigenvalue weighted by molar-refractivity contribution is 9.10. The minimum Gasteiger partial charge on any atom is -0.493 e. The van der Waals surface area contributed by atoms with Gasteiger partial charge in [-0.3, -0.25) is 4.79 Å². The molecule has 1 amide bonds. The molecule has 0 aromatic heterocycles. The van der Waals surface area contributed by atoms with Crippen molar-refractivity contribution in [2.45, 2.75) is 25.5 Å². The van der Waals surface area contributed by atoms with Crippen LogP contribution in [0.4, 0.5) is 0 Å². The topological polar surface area (TPSA) is 82.8 Å². The zero-order valence-electron chi connectivity index (χ0n) is 12.6. The van der Waals surface area contributed by atoms with Gasteiger partial charge in [-0.05, 0) is 46.5 Å². The van der Waals surface area contributed by atoms with Gasteiger partial charge in [-0.25, -0.2) is 0 Å². The maximum atomic E-state index is 10.8. The molecule has 0 unspecified atom stereocenters. The van der Waals surface area contributed by atoms with E-state index in [1.807, 2.05) is 12.1 Å². The third kappa shape index (κ3) is 4.86. The van der Waals surface area contributed by atoms with Crippen molar-refractivity contribution in [3.63, 3.8) is 0 Å². The number of amides is 1. The van der Waals surface area contributed by atoms with Crippen LogP contribution in [0.1, 0.15) is 18.4 Å². The molecule has 1 aromatic rings. The van der Waals surface area contributed by atoms with E-state index >= 15 is 0 Å². The molecule has 1 aromatic carbocycles. The van der Waals surface area contributed by atoms with Gasteiger partial charge in [-0.1, -0.05) is 0 Å². The number of halogens is 1. The maximum Gasteiger partial charge on any atom is 0.255 e. The molecule has 1 fully saturated rings. The number of nitrogens with two attached hydrogens (primary N) is 1. The number of hydrogen-bond donors (Lipinski definition) is 2. The molecule has 0 radical (unpaired) electrons. The van der Waals surface area contributed by atoms with Crippen molar-refractivity contribution < 1.29 is 19.0 Å². The number of hydrogen-bond acceptors (Lipinski definition) is 5. The van der Waals surface area contributed by atoms with Crippen LogP contribution < -0.4 is 20.5 Å². The van der Waals surface area contributed by atoms with Crippen LogP contribution in [0.5, 0.6) is 11.5 Å². The number of ether oxygens (including phenoxy) is 3. The molecule has 0 saturated carbocycles. The van der Waals surface area contributed by atoms with Crippen LogP contribution in [0, 0.1) is 0 Å². The van der Waals surface area contributed by atoms with E-state index in [0.29, 0.717) is 24.1 Å². The second kappa shape index (κ2) is 8.36. The van der Waals surface area contributed by atoms with Crippen LogP contribution >= 0.6 is 15.9 Å². The lowest BCUT2D eigenvalue weighted by molar-refractivity contribution is -0.119. The summed E-state index contributed by atoms with van der Waals surface area (Å²) in [4.78, 5) is 10.8. The molecule has 122 valence electrons. The zero-order chi connectivity index (χ0) is 15.9. The summed E-state index contributed by atoms with van der Waals surface area (Å²) in [6.45, 7) is 2.20. The molecular formula is C15H21BrN2O4. The van der Waals surface area contributed by atoms with E-state index in [1.165, 1.54) is 0 Å². The van der Waals surface area contributed by atoms with Gasteiger partial charge in [0.05, 0.1) is 17.7 Å². The zero-order valence-corrected chi connectivity index (χ0v) is 14.1. The summed E-state index contributed by atoms with van der Waals surface area (Å²) in [6, 6.07) is 3.81. The van der Waals surface area contributed by atoms with Gasteiger partial charge in [-0.15, -0.1) is 0 Å². The maximum absolute atomic E-state index is 10.8. The highest BCUT2D eigenvalue weighted by Gasteiger charge is 2.16. The quantitative estimate of drug-likeness (QED) is 0.723. The Bertz CT molecular complexity index is 519. The summed E-state index contributed by atoms with van der Waals surface area (Å²) in [5.74, 6) is 0.505. The monoisotopic (exact) mass is 372 g/mol. The fourth-order valence-corrected chi connectivity index (χ4v) is 2.95. The van der Waals surface area contributed by atoms with E-state index in [1.54, 1.807) is 7.11 Å². The lowest BCUT2D eigenvalue weighted by atomic mass is 10.2. The molecule has 1 aliphatic rings. The first-order valence-electron chi connectivity index (χ1n) is 7.20. The Morgan fingerprint density at radius 1 is 1.55 bits per heavy atom. The van der Waals surface area contributed by atoms with Crippen molar-refractivity contribution in [1.29, 1.82) is 0 Å². The Labute approximate surface area is 138 Å². The van der Waals surface area contributed by atoms with E-state index in [9.17, 15) is 4.79 Å². The summed E-state index contributed by atoms with van der Waals surface area (Å²) in [6.07, 6.45) is 2.56. The fraction of sp³-hybridized carbons (Fsp3) is 0.533. The van der Waals surface area contributed by atoms with Crippen molar-refractivity contribution in [3.05, 3.63) is 22.2 Å². The molecule has 6 nitrogen and oxygen atoms in total. The molecule has 0 bridgehead atoms. The Morgan fingerprint density at radius 3 is 3.00 bits per heavy atom. The third-order valence-electron chi connectivity index (χ3n) is 3.37. The molecule has 0 aliphatic carbocycles. The van der Waals surface area contributed by atoms with Crippen LogP contribution in [0.15, 0.2) is 16.6 Å². The number of nitrogens with one attached hydrogen (secondary N) is 1. The average molecular weight is 373 g/mol. The second-order valence-corrected chi connectivity index (χ2v) is 5.98. The van der Waals surface area contributed by atoms with Crippen LogP contribution in [-0.2, 0) is 16.1 Å². The van der Waals surface area contributed by atoms with Crippen molar-refractivity contribution in [1.82, 2.24) is 5.32 Å². The average Bonchev–Trinajstić information content (AvgIpc) is 2.98. The van der Waals surface area contributed by atoms with E-state index in [-0.39, 0.29) is 6.61 Å². The van der Waals surface area contributed by atoms with Gasteiger partial charge in [-0.2, -0.15) is 0 Å². The first-order chi connectivity index (χ1) is 10.6. The predicted octanol–water partition coefficient (Wildman–Crippen LogP) is 1.59. The molecule has 3 N–H and O–H groups in total. The molecule has 1 aliphatic heterocycles. The summed E-state index contributed by atoms with van der Waals surface area (Å²) >= 11 is 3.44. The summed E-state index contributed by atoms with van der Waals surface area (Å²) in [7, 11) is 1.56. The molecule has 1 saturated heterocycles. The highest BCUT2D eigenvalue weighted by atomic mass is 79.9. The van der Waals surface area contributed by atoms with Gasteiger partial charge in [0.2, 0.25) is 0 Å². The highest BCUT2D eigenvalue weighted by Crippen LogP contribution is 2.36. The summed E-state index contributed by atoms with van der Waals surface area (Å²) in [5.41, 5.74) is 6.14. The van der Waals surface area contributed by atoms with Gasteiger partial charge < -0.3 is 25.3 Å². The van der Waals surface area contributed by atoms with Gasteiger partial charge in [0.1, 0.15) is 0 Å². The Kier molecular flexibility index (Phi) is 6.48. The van der Waals surface area contributed by atoms with Crippen molar-refractivity contribution in [2.75, 3.05) is 26.9 Å². The molecular weight excluding hydrogens is 352 g/mol. The Morgan fingerprint density at radius 2 is 2.36 bits per heavy atom. The Balaban J connectivity index is 1.96. The van der Waals surface area contributed by atoms with Crippen molar-refractivity contribution >= 4 is 21.8 Å². The van der Waals surface area contributed by atoms with Crippen molar-refractivity contribution in [3.8, 4) is 11.5 Å². The summed E-state index contributed by atoms with van der Waals surface area (Å²) < 4.78 is 17.0. The number of carbonyl (C=O) groups excluding carboxylic acids is 1. The third-order valence-corrected chi connectivity index (χ3v) is 3.96. The van der Waals surface area contributed by atoms with E-state index in [2.05, 4.69) is 21.2 Å². The van der Waals surface area contributed by atoms with Crippen LogP contribution in [0.25, 0.3) is 0 Å². The molecule has 2 rings (SSSR count). The molecule has 1 heterocycles. The van der Waals surface area contributed by atoms with Crippen molar-refractivity contribution in [2.24, 2.45) is 5.73 Å². The lowest BCUT2D eigenvalue weighted by Gasteiger charge is -2.15. The molecule has 0 spiro atoms. The molecule has 7 heteroatoms. The van der Waals surface area contributed by atoms with Gasteiger partial charge in [0.15, 0.2) is 18.1 Å². The SMILES string of the molecule is COc1cc(CNC[C@@H]2CCCO2)cc(Br)c1OCC(N)=O. The standard InChI is InChI=1S/C15H21BrN2O4/c1-20-13-6-10(7-18-8-11-3-2-4-21-11)5-12(16)15(13)22-9-14(17)19/h5-6,11,18H,2-4,7-9H2,1H3,(H2,17,19)/t11-/m0/s1. The van der Waals surface area contributed by atoms with Gasteiger partial charge >= 0.3 is 0 Å². The first kappa shape index (κ1) is 17.1. The number of benzene rings is 1. The minimum atomic E-state index is -0.531. The first-order valence-corrected chi connectivity index (χ1v) is 7.99. The number of carbonyl (C=O) groups is 1. The second-order valence-electron chi connectivity index (χ2n) is 5.13. The van der Waals surface area contributed by atoms with E-state index in [4.69, 9.17) is 19.9 Å². The van der Waals surface area contributed by atoms with E-state index < -0.39 is 5.91 Å². The van der Waals surface area contributed by atoms with Crippen LogP contribution in [-0.4, -0.2) is 38.9 Å². The smallest absolute Gasteiger partial charge is 0.255 e. The fourth-order valence-electron chi connectivity index (χ4n) is 2.34. The summed E-state index contributed by atoms with van der Waals surface area (Å²) in [5, 5.41) is 3.38. The predicted molar refractivity (Wildman–Crippen MR) is 86.1 cm³/mol. The molecule has 22 heavy (non-hydrogen) atoms. The largest absolute Gasteiger partial charge is 0.493 e. The minimum absolute atomic E-state index is 0.189. The van der Waals surface area contributed by atoms with Crippen LogP contribution in [0.3, 0.4) is 0 Å². The Hall–Kier alpha value is -1.31. The van der Waals surface area contributed by atoms with E-state index in [0.717, 1.165) is 36.0 Å². The van der Waals surface area contributed by atoms with Crippen LogP contribution in [0.2, 0.25) is 0 Å². The number of rotatable bonds is 8. The number of methoxy groups -OCH3 is 1. The van der Waals surface area contributed by atoms with Gasteiger partial charge in [0, 0.05) is 19.7 Å². The lowest BCUT2D eigenvalue weighted by Crippen LogP contribution is -2.25. The normalized spacial score (nSPS) is 17.5. The number of primary amides is 1.